The van der Waals surface area contributed by atoms with Crippen LogP contribution in [0.5, 0.6) is 0 Å². The van der Waals surface area contributed by atoms with Crippen molar-refractivity contribution < 1.29 is 14.0 Å². The number of piperazine rings is 1. The van der Waals surface area contributed by atoms with Crippen LogP contribution in [-0.2, 0) is 16.0 Å². The summed E-state index contributed by atoms with van der Waals surface area (Å²) in [6, 6.07) is 10.3. The van der Waals surface area contributed by atoms with Gasteiger partial charge in [0.05, 0.1) is 0 Å². The lowest BCUT2D eigenvalue weighted by molar-refractivity contribution is -0.137. The molecule has 0 atom stereocenters. The Bertz CT molecular complexity index is 824. The van der Waals surface area contributed by atoms with E-state index in [9.17, 15) is 14.0 Å². The summed E-state index contributed by atoms with van der Waals surface area (Å²) in [6.45, 7) is 4.00. The van der Waals surface area contributed by atoms with Crippen molar-refractivity contribution in [3.05, 3.63) is 63.6 Å². The fourth-order valence-corrected chi connectivity index (χ4v) is 3.87. The van der Waals surface area contributed by atoms with E-state index in [4.69, 9.17) is 0 Å². The Labute approximate surface area is 162 Å². The van der Waals surface area contributed by atoms with E-state index in [1.807, 2.05) is 36.6 Å². The summed E-state index contributed by atoms with van der Waals surface area (Å²) in [6.07, 6.45) is 2.79. The lowest BCUT2D eigenvalue weighted by Gasteiger charge is -2.35. The molecule has 1 saturated heterocycles. The molecule has 0 aliphatic carbocycles. The monoisotopic (exact) mass is 386 g/mol. The number of hydrogen-bond donors (Lipinski definition) is 0. The number of carbonyl (C=O) groups excluding carboxylic acids is 2. The highest BCUT2D eigenvalue weighted by Gasteiger charge is 2.24. The summed E-state index contributed by atoms with van der Waals surface area (Å²) in [7, 11) is 0. The number of carbonyl (C=O) groups is 2. The van der Waals surface area contributed by atoms with Crippen molar-refractivity contribution in [2.45, 2.75) is 19.8 Å². The SMILES string of the molecule is C/C(=C\c1cccs1)C(=O)N1CCN(C(=O)CCc2cccc(F)c2)CC1. The topological polar surface area (TPSA) is 40.6 Å². The van der Waals surface area contributed by atoms with Crippen LogP contribution in [0.2, 0.25) is 0 Å². The van der Waals surface area contributed by atoms with Crippen LogP contribution in [0.25, 0.3) is 6.08 Å². The maximum Gasteiger partial charge on any atom is 0.249 e. The molecule has 6 heteroatoms. The zero-order chi connectivity index (χ0) is 19.2. The minimum Gasteiger partial charge on any atom is -0.339 e. The minimum absolute atomic E-state index is 0.0234. The molecule has 0 radical (unpaired) electrons. The number of amides is 2. The van der Waals surface area contributed by atoms with Gasteiger partial charge in [0.25, 0.3) is 0 Å². The summed E-state index contributed by atoms with van der Waals surface area (Å²) in [5.41, 5.74) is 1.54. The molecular formula is C21H23FN2O2S. The summed E-state index contributed by atoms with van der Waals surface area (Å²) >= 11 is 1.60. The second kappa shape index (κ2) is 8.95. The van der Waals surface area contributed by atoms with Crippen molar-refractivity contribution in [3.63, 3.8) is 0 Å². The van der Waals surface area contributed by atoms with Gasteiger partial charge in [-0.05, 0) is 48.6 Å². The summed E-state index contributed by atoms with van der Waals surface area (Å²) in [5, 5.41) is 1.98. The summed E-state index contributed by atoms with van der Waals surface area (Å²) in [4.78, 5) is 29.6. The minimum atomic E-state index is -0.280. The van der Waals surface area contributed by atoms with Crippen LogP contribution in [0.4, 0.5) is 4.39 Å². The van der Waals surface area contributed by atoms with E-state index in [1.165, 1.54) is 12.1 Å². The molecule has 3 rings (SSSR count). The lowest BCUT2D eigenvalue weighted by Crippen LogP contribution is -2.50. The number of rotatable bonds is 5. The molecule has 0 saturated carbocycles. The van der Waals surface area contributed by atoms with Gasteiger partial charge in [-0.15, -0.1) is 11.3 Å². The zero-order valence-electron chi connectivity index (χ0n) is 15.4. The van der Waals surface area contributed by atoms with Crippen LogP contribution >= 0.6 is 11.3 Å². The van der Waals surface area contributed by atoms with Crippen LogP contribution < -0.4 is 0 Å². The molecule has 0 unspecified atom stereocenters. The smallest absolute Gasteiger partial charge is 0.249 e. The Morgan fingerprint density at radius 3 is 2.52 bits per heavy atom. The van der Waals surface area contributed by atoms with Crippen molar-refractivity contribution >= 4 is 29.2 Å². The van der Waals surface area contributed by atoms with Gasteiger partial charge in [0.1, 0.15) is 5.82 Å². The lowest BCUT2D eigenvalue weighted by atomic mass is 10.1. The van der Waals surface area contributed by atoms with Crippen molar-refractivity contribution in [3.8, 4) is 0 Å². The number of benzene rings is 1. The first-order valence-electron chi connectivity index (χ1n) is 9.06. The third-order valence-corrected chi connectivity index (χ3v) is 5.49. The van der Waals surface area contributed by atoms with E-state index >= 15 is 0 Å². The van der Waals surface area contributed by atoms with Crippen molar-refractivity contribution in [2.75, 3.05) is 26.2 Å². The van der Waals surface area contributed by atoms with Crippen LogP contribution in [0.1, 0.15) is 23.8 Å². The molecule has 1 aromatic heterocycles. The highest BCUT2D eigenvalue weighted by atomic mass is 32.1. The average molecular weight is 386 g/mol. The van der Waals surface area contributed by atoms with Gasteiger partial charge in [0, 0.05) is 43.1 Å². The predicted octanol–water partition coefficient (Wildman–Crippen LogP) is 3.59. The molecule has 0 N–H and O–H groups in total. The number of nitrogens with zero attached hydrogens (tertiary/aromatic N) is 2. The number of thiophene rings is 1. The molecule has 4 nitrogen and oxygen atoms in total. The molecule has 2 heterocycles. The van der Waals surface area contributed by atoms with Gasteiger partial charge >= 0.3 is 0 Å². The van der Waals surface area contributed by atoms with E-state index in [2.05, 4.69) is 0 Å². The molecule has 0 spiro atoms. The summed E-state index contributed by atoms with van der Waals surface area (Å²) < 4.78 is 13.2. The Hall–Kier alpha value is -2.47. The number of halogens is 1. The highest BCUT2D eigenvalue weighted by Crippen LogP contribution is 2.16. The molecule has 1 aliphatic heterocycles. The molecular weight excluding hydrogens is 363 g/mol. The second-order valence-corrected chi connectivity index (χ2v) is 7.62. The van der Waals surface area contributed by atoms with Crippen LogP contribution in [-0.4, -0.2) is 47.8 Å². The Morgan fingerprint density at radius 1 is 1.11 bits per heavy atom. The first-order valence-corrected chi connectivity index (χ1v) is 9.94. The van der Waals surface area contributed by atoms with Gasteiger partial charge in [0.2, 0.25) is 11.8 Å². The zero-order valence-corrected chi connectivity index (χ0v) is 16.2. The Morgan fingerprint density at radius 2 is 1.85 bits per heavy atom. The normalized spacial score (nSPS) is 15.1. The molecule has 2 aromatic rings. The standard InChI is InChI=1S/C21H23FN2O2S/c1-16(14-19-6-3-13-27-19)21(26)24-11-9-23(10-12-24)20(25)8-7-17-4-2-5-18(22)15-17/h2-6,13-15H,7-12H2,1H3/b16-14+. The summed E-state index contributed by atoms with van der Waals surface area (Å²) in [5.74, 6) is -0.203. The molecule has 1 aliphatic rings. The van der Waals surface area contributed by atoms with Gasteiger partial charge in [-0.2, -0.15) is 0 Å². The largest absolute Gasteiger partial charge is 0.339 e. The number of hydrogen-bond acceptors (Lipinski definition) is 3. The third kappa shape index (κ3) is 5.26. The van der Waals surface area contributed by atoms with E-state index in [0.29, 0.717) is 44.6 Å². The molecule has 0 bridgehead atoms. The first-order chi connectivity index (χ1) is 13.0. The van der Waals surface area contributed by atoms with Gasteiger partial charge in [-0.25, -0.2) is 4.39 Å². The van der Waals surface area contributed by atoms with E-state index < -0.39 is 0 Å². The number of aryl methyl sites for hydroxylation is 1. The predicted molar refractivity (Wildman–Crippen MR) is 106 cm³/mol. The maximum absolute atomic E-state index is 13.2. The third-order valence-electron chi connectivity index (χ3n) is 4.68. The molecule has 2 amide bonds. The van der Waals surface area contributed by atoms with Crippen LogP contribution in [0.3, 0.4) is 0 Å². The van der Waals surface area contributed by atoms with Crippen molar-refractivity contribution in [1.82, 2.24) is 9.80 Å². The Kier molecular flexibility index (Phi) is 6.40. The van der Waals surface area contributed by atoms with Crippen LogP contribution in [0, 0.1) is 5.82 Å². The average Bonchev–Trinajstić information content (AvgIpc) is 3.18. The second-order valence-electron chi connectivity index (χ2n) is 6.65. The quantitative estimate of drug-likeness (QED) is 0.737. The van der Waals surface area contributed by atoms with Crippen LogP contribution in [0.15, 0.2) is 47.4 Å². The first kappa shape index (κ1) is 19.3. The van der Waals surface area contributed by atoms with Crippen molar-refractivity contribution in [1.29, 1.82) is 0 Å². The Balaban J connectivity index is 1.48. The fourth-order valence-electron chi connectivity index (χ4n) is 3.16. The van der Waals surface area contributed by atoms with Gasteiger partial charge in [0.15, 0.2) is 0 Å². The molecule has 142 valence electrons. The molecule has 27 heavy (non-hydrogen) atoms. The van der Waals surface area contributed by atoms with Gasteiger partial charge in [-0.3, -0.25) is 9.59 Å². The van der Waals surface area contributed by atoms with E-state index in [-0.39, 0.29) is 17.6 Å². The maximum atomic E-state index is 13.2. The molecule has 1 aromatic carbocycles. The fraction of sp³-hybridized carbons (Fsp3) is 0.333. The van der Waals surface area contributed by atoms with E-state index in [0.717, 1.165) is 10.4 Å². The van der Waals surface area contributed by atoms with Gasteiger partial charge < -0.3 is 9.80 Å². The molecule has 1 fully saturated rings. The van der Waals surface area contributed by atoms with Gasteiger partial charge in [-0.1, -0.05) is 18.2 Å². The highest BCUT2D eigenvalue weighted by molar-refractivity contribution is 7.10. The van der Waals surface area contributed by atoms with E-state index in [1.54, 1.807) is 27.2 Å². The van der Waals surface area contributed by atoms with Crippen molar-refractivity contribution in [2.24, 2.45) is 0 Å².